The van der Waals surface area contributed by atoms with E-state index in [9.17, 15) is 4.79 Å². The molecule has 122 valence electrons. The molecule has 1 amide bonds. The lowest BCUT2D eigenvalue weighted by molar-refractivity contribution is -0.122. The smallest absolute Gasteiger partial charge is 0.266 e. The first-order chi connectivity index (χ1) is 11.5. The molecule has 0 aromatic heterocycles. The minimum absolute atomic E-state index is 0.0630. The van der Waals surface area contributed by atoms with E-state index in [1.807, 2.05) is 36.4 Å². The highest BCUT2D eigenvalue weighted by Crippen LogP contribution is 2.33. The SMILES string of the molecule is O=C1/C(=C/c2ccc(Cl)c(Cl)c2)SC(=S)N1CCc1ccccc1. The Morgan fingerprint density at radius 3 is 2.54 bits per heavy atom. The molecule has 1 saturated heterocycles. The van der Waals surface area contributed by atoms with E-state index in [0.29, 0.717) is 25.8 Å². The number of halogens is 2. The molecule has 1 heterocycles. The maximum atomic E-state index is 12.6. The topological polar surface area (TPSA) is 20.3 Å². The van der Waals surface area contributed by atoms with Crippen LogP contribution < -0.4 is 0 Å². The number of benzene rings is 2. The summed E-state index contributed by atoms with van der Waals surface area (Å²) < 4.78 is 0.585. The fraction of sp³-hybridized carbons (Fsp3) is 0.111. The van der Waals surface area contributed by atoms with Crippen LogP contribution in [0.25, 0.3) is 6.08 Å². The number of amides is 1. The van der Waals surface area contributed by atoms with Gasteiger partial charge in [-0.2, -0.15) is 0 Å². The zero-order chi connectivity index (χ0) is 17.1. The predicted molar refractivity (Wildman–Crippen MR) is 106 cm³/mol. The van der Waals surface area contributed by atoms with E-state index in [1.165, 1.54) is 17.3 Å². The van der Waals surface area contributed by atoms with Gasteiger partial charge in [0.1, 0.15) is 4.32 Å². The van der Waals surface area contributed by atoms with Gasteiger partial charge >= 0.3 is 0 Å². The van der Waals surface area contributed by atoms with Gasteiger partial charge in [-0.05, 0) is 35.8 Å². The fourth-order valence-corrected chi connectivity index (χ4v) is 3.95. The van der Waals surface area contributed by atoms with Gasteiger partial charge in [0.15, 0.2) is 0 Å². The summed E-state index contributed by atoms with van der Waals surface area (Å²) in [6, 6.07) is 15.3. The lowest BCUT2D eigenvalue weighted by Crippen LogP contribution is -2.30. The number of nitrogens with zero attached hydrogens (tertiary/aromatic N) is 1. The van der Waals surface area contributed by atoms with Crippen LogP contribution in [0.3, 0.4) is 0 Å². The second-order valence-electron chi connectivity index (χ2n) is 5.24. The molecule has 1 aliphatic heterocycles. The van der Waals surface area contributed by atoms with Crippen LogP contribution in [0.15, 0.2) is 53.4 Å². The summed E-state index contributed by atoms with van der Waals surface area (Å²) in [6.45, 7) is 0.577. The number of thiocarbonyl (C=S) groups is 1. The van der Waals surface area contributed by atoms with Gasteiger partial charge < -0.3 is 0 Å². The Hall–Kier alpha value is -1.33. The third-order valence-corrected chi connectivity index (χ3v) is 5.70. The summed E-state index contributed by atoms with van der Waals surface area (Å²) in [5.41, 5.74) is 2.01. The summed E-state index contributed by atoms with van der Waals surface area (Å²) >= 11 is 18.6. The van der Waals surface area contributed by atoms with Crippen molar-refractivity contribution in [3.8, 4) is 0 Å². The highest BCUT2D eigenvalue weighted by molar-refractivity contribution is 8.26. The average molecular weight is 394 g/mol. The normalized spacial score (nSPS) is 16.2. The Morgan fingerprint density at radius 1 is 1.08 bits per heavy atom. The number of rotatable bonds is 4. The van der Waals surface area contributed by atoms with Crippen molar-refractivity contribution in [1.29, 1.82) is 0 Å². The predicted octanol–water partition coefficient (Wildman–Crippen LogP) is 5.44. The van der Waals surface area contributed by atoms with E-state index in [4.69, 9.17) is 35.4 Å². The maximum Gasteiger partial charge on any atom is 0.266 e. The monoisotopic (exact) mass is 393 g/mol. The van der Waals surface area contributed by atoms with Crippen molar-refractivity contribution in [3.05, 3.63) is 74.6 Å². The van der Waals surface area contributed by atoms with E-state index < -0.39 is 0 Å². The number of hydrogen-bond acceptors (Lipinski definition) is 3. The number of carbonyl (C=O) groups excluding carboxylic acids is 1. The number of hydrogen-bond donors (Lipinski definition) is 0. The van der Waals surface area contributed by atoms with Gasteiger partial charge in [0.2, 0.25) is 0 Å². The Balaban J connectivity index is 1.73. The van der Waals surface area contributed by atoms with Crippen molar-refractivity contribution in [1.82, 2.24) is 4.90 Å². The fourth-order valence-electron chi connectivity index (χ4n) is 2.33. The second-order valence-corrected chi connectivity index (χ2v) is 7.73. The van der Waals surface area contributed by atoms with Gasteiger partial charge in [-0.1, -0.05) is 83.6 Å². The van der Waals surface area contributed by atoms with Crippen LogP contribution in [0, 0.1) is 0 Å². The highest BCUT2D eigenvalue weighted by Gasteiger charge is 2.31. The Labute approximate surface area is 160 Å². The first-order valence-corrected chi connectivity index (χ1v) is 9.27. The standard InChI is InChI=1S/C18H13Cl2NOS2/c19-14-7-6-13(10-15(14)20)11-16-17(22)21(18(23)24-16)9-8-12-4-2-1-3-5-12/h1-7,10-11H,8-9H2/b16-11-. The van der Waals surface area contributed by atoms with E-state index in [1.54, 1.807) is 23.1 Å². The van der Waals surface area contributed by atoms with E-state index in [-0.39, 0.29) is 5.91 Å². The number of thioether (sulfide) groups is 1. The van der Waals surface area contributed by atoms with Gasteiger partial charge in [-0.3, -0.25) is 9.69 Å². The van der Waals surface area contributed by atoms with Crippen LogP contribution >= 0.6 is 47.2 Å². The van der Waals surface area contributed by atoms with Gasteiger partial charge in [-0.25, -0.2) is 0 Å². The Morgan fingerprint density at radius 2 is 1.83 bits per heavy atom. The zero-order valence-corrected chi connectivity index (χ0v) is 15.7. The summed E-state index contributed by atoms with van der Waals surface area (Å²) in [6.07, 6.45) is 2.57. The Bertz CT molecular complexity index is 821. The van der Waals surface area contributed by atoms with Crippen LogP contribution in [0.1, 0.15) is 11.1 Å². The first kappa shape index (κ1) is 17.5. The molecule has 1 aliphatic rings. The third kappa shape index (κ3) is 4.01. The largest absolute Gasteiger partial charge is 0.293 e. The van der Waals surface area contributed by atoms with Gasteiger partial charge in [0.25, 0.3) is 5.91 Å². The summed E-state index contributed by atoms with van der Waals surface area (Å²) in [5, 5.41) is 0.953. The molecule has 6 heteroatoms. The molecule has 0 spiro atoms. The van der Waals surface area contributed by atoms with Crippen molar-refractivity contribution in [2.75, 3.05) is 6.54 Å². The summed E-state index contributed by atoms with van der Waals surface area (Å²) in [5.74, 6) is -0.0630. The minimum Gasteiger partial charge on any atom is -0.293 e. The van der Waals surface area contributed by atoms with Crippen molar-refractivity contribution in [2.45, 2.75) is 6.42 Å². The van der Waals surface area contributed by atoms with Crippen molar-refractivity contribution >= 4 is 63.5 Å². The molecular weight excluding hydrogens is 381 g/mol. The van der Waals surface area contributed by atoms with Gasteiger partial charge in [-0.15, -0.1) is 0 Å². The van der Waals surface area contributed by atoms with Crippen LogP contribution in [0.2, 0.25) is 10.0 Å². The molecule has 2 aromatic carbocycles. The molecule has 0 atom stereocenters. The van der Waals surface area contributed by atoms with Crippen LogP contribution in [0.4, 0.5) is 0 Å². The van der Waals surface area contributed by atoms with Crippen LogP contribution in [-0.4, -0.2) is 21.7 Å². The molecule has 2 nitrogen and oxygen atoms in total. The first-order valence-electron chi connectivity index (χ1n) is 7.29. The third-order valence-electron chi connectivity index (χ3n) is 3.58. The highest BCUT2D eigenvalue weighted by atomic mass is 35.5. The van der Waals surface area contributed by atoms with Crippen LogP contribution in [0.5, 0.6) is 0 Å². The second kappa shape index (κ2) is 7.70. The molecule has 2 aromatic rings. The van der Waals surface area contributed by atoms with E-state index in [2.05, 4.69) is 0 Å². The average Bonchev–Trinajstić information content (AvgIpc) is 2.84. The quantitative estimate of drug-likeness (QED) is 0.509. The van der Waals surface area contributed by atoms with E-state index >= 15 is 0 Å². The summed E-state index contributed by atoms with van der Waals surface area (Å²) in [7, 11) is 0. The van der Waals surface area contributed by atoms with Crippen molar-refractivity contribution in [3.63, 3.8) is 0 Å². The molecule has 24 heavy (non-hydrogen) atoms. The molecule has 0 radical (unpaired) electrons. The lowest BCUT2D eigenvalue weighted by atomic mass is 10.1. The minimum atomic E-state index is -0.0630. The van der Waals surface area contributed by atoms with E-state index in [0.717, 1.165) is 12.0 Å². The van der Waals surface area contributed by atoms with Crippen molar-refractivity contribution in [2.24, 2.45) is 0 Å². The lowest BCUT2D eigenvalue weighted by Gasteiger charge is -2.14. The maximum absolute atomic E-state index is 12.6. The molecule has 0 unspecified atom stereocenters. The van der Waals surface area contributed by atoms with Gasteiger partial charge in [0.05, 0.1) is 15.0 Å². The molecule has 1 fully saturated rings. The van der Waals surface area contributed by atoms with Crippen molar-refractivity contribution < 1.29 is 4.79 Å². The van der Waals surface area contributed by atoms with Gasteiger partial charge in [0, 0.05) is 6.54 Å². The molecule has 0 N–H and O–H groups in total. The van der Waals surface area contributed by atoms with Crippen LogP contribution in [-0.2, 0) is 11.2 Å². The molecular formula is C18H13Cl2NOS2. The number of carbonyl (C=O) groups is 1. The molecule has 0 aliphatic carbocycles. The molecule has 0 saturated carbocycles. The molecule has 0 bridgehead atoms. The molecule has 3 rings (SSSR count). The Kier molecular flexibility index (Phi) is 5.61. The summed E-state index contributed by atoms with van der Waals surface area (Å²) in [4.78, 5) is 14.8. The zero-order valence-electron chi connectivity index (χ0n) is 12.5.